The molecule has 4 rings (SSSR count). The number of carbonyl (C=O) groups excluding carboxylic acids is 1. The lowest BCUT2D eigenvalue weighted by atomic mass is 9.96. The third-order valence-electron chi connectivity index (χ3n) is 5.75. The summed E-state index contributed by atoms with van der Waals surface area (Å²) in [5.74, 6) is 0.723. The van der Waals surface area contributed by atoms with Gasteiger partial charge in [0.25, 0.3) is 0 Å². The molecular weight excluding hydrogens is 486 g/mol. The Morgan fingerprint density at radius 2 is 1.97 bits per heavy atom. The minimum Gasteiger partial charge on any atom is -0.444 e. The van der Waals surface area contributed by atoms with E-state index in [2.05, 4.69) is 15.2 Å². The quantitative estimate of drug-likeness (QED) is 0.627. The Labute approximate surface area is 188 Å². The maximum absolute atomic E-state index is 13.2. The predicted octanol–water partition coefficient (Wildman–Crippen LogP) is 3.36. The number of amides is 1. The van der Waals surface area contributed by atoms with Crippen molar-refractivity contribution in [3.05, 3.63) is 35.6 Å². The largest absolute Gasteiger partial charge is 0.444 e. The lowest BCUT2D eigenvalue weighted by Crippen LogP contribution is -2.58. The van der Waals surface area contributed by atoms with Gasteiger partial charge >= 0.3 is 6.09 Å². The molecule has 1 amide bonds. The van der Waals surface area contributed by atoms with Crippen molar-refractivity contribution in [2.24, 2.45) is 4.99 Å². The van der Waals surface area contributed by atoms with Crippen LogP contribution in [0.25, 0.3) is 0 Å². The number of ether oxygens (including phenoxy) is 1. The molecule has 1 saturated heterocycles. The van der Waals surface area contributed by atoms with Crippen molar-refractivity contribution in [3.8, 4) is 0 Å². The van der Waals surface area contributed by atoms with Crippen molar-refractivity contribution in [3.63, 3.8) is 0 Å². The maximum Gasteiger partial charge on any atom is 0.410 e. The van der Waals surface area contributed by atoms with Crippen LogP contribution in [0.4, 0.5) is 9.18 Å². The summed E-state index contributed by atoms with van der Waals surface area (Å²) in [5, 5.41) is 3.53. The van der Waals surface area contributed by atoms with Gasteiger partial charge in [-0.3, -0.25) is 4.99 Å². The van der Waals surface area contributed by atoms with Gasteiger partial charge < -0.3 is 19.9 Å². The van der Waals surface area contributed by atoms with E-state index >= 15 is 0 Å². The molecule has 3 aliphatic rings. The highest BCUT2D eigenvalue weighted by molar-refractivity contribution is 14.0. The minimum absolute atomic E-state index is 0. The first kappa shape index (κ1) is 22.1. The topological polar surface area (TPSA) is 57.2 Å². The lowest BCUT2D eigenvalue weighted by Gasteiger charge is -2.39. The zero-order valence-corrected chi connectivity index (χ0v) is 19.6. The van der Waals surface area contributed by atoms with Gasteiger partial charge in [-0.1, -0.05) is 12.1 Å². The minimum atomic E-state index is -0.480. The molecule has 0 radical (unpaired) electrons. The Morgan fingerprint density at radius 1 is 1.28 bits per heavy atom. The second kappa shape index (κ2) is 8.28. The van der Waals surface area contributed by atoms with Crippen LogP contribution in [0.15, 0.2) is 29.3 Å². The van der Waals surface area contributed by atoms with E-state index in [9.17, 15) is 9.18 Å². The third-order valence-corrected chi connectivity index (χ3v) is 5.75. The number of fused-ring (bicyclic) bond motifs is 1. The highest BCUT2D eigenvalue weighted by atomic mass is 127. The monoisotopic (exact) mass is 516 g/mol. The number of benzene rings is 1. The number of aliphatic imine (C=N–C) groups is 1. The summed E-state index contributed by atoms with van der Waals surface area (Å²) in [7, 11) is 0. The molecule has 0 spiro atoms. The van der Waals surface area contributed by atoms with Crippen LogP contribution in [0.1, 0.15) is 39.2 Å². The van der Waals surface area contributed by atoms with Gasteiger partial charge in [0.05, 0.1) is 12.6 Å². The van der Waals surface area contributed by atoms with Crippen molar-refractivity contribution in [1.82, 2.24) is 15.1 Å². The van der Waals surface area contributed by atoms with Crippen LogP contribution in [0, 0.1) is 5.82 Å². The molecule has 1 saturated carbocycles. The van der Waals surface area contributed by atoms with E-state index in [1.165, 1.54) is 17.7 Å². The van der Waals surface area contributed by atoms with Crippen molar-refractivity contribution < 1.29 is 13.9 Å². The van der Waals surface area contributed by atoms with Gasteiger partial charge in [0.15, 0.2) is 5.96 Å². The van der Waals surface area contributed by atoms with Crippen molar-refractivity contribution in [2.75, 3.05) is 32.7 Å². The summed E-state index contributed by atoms with van der Waals surface area (Å²) < 4.78 is 18.7. The molecule has 6 nitrogen and oxygen atoms in total. The van der Waals surface area contributed by atoms with E-state index in [1.54, 1.807) is 4.90 Å². The molecule has 29 heavy (non-hydrogen) atoms. The van der Waals surface area contributed by atoms with Crippen LogP contribution < -0.4 is 5.32 Å². The molecule has 1 aromatic rings. The highest BCUT2D eigenvalue weighted by Gasteiger charge is 2.45. The Morgan fingerprint density at radius 3 is 2.59 bits per heavy atom. The average molecular weight is 516 g/mol. The van der Waals surface area contributed by atoms with Crippen molar-refractivity contribution in [1.29, 1.82) is 0 Å². The van der Waals surface area contributed by atoms with E-state index in [1.807, 2.05) is 32.9 Å². The summed E-state index contributed by atoms with van der Waals surface area (Å²) >= 11 is 0. The fourth-order valence-corrected chi connectivity index (χ4v) is 3.99. The molecule has 160 valence electrons. The summed E-state index contributed by atoms with van der Waals surface area (Å²) in [4.78, 5) is 21.1. The molecule has 1 aromatic carbocycles. The first-order valence-electron chi connectivity index (χ1n) is 10.0. The van der Waals surface area contributed by atoms with Gasteiger partial charge in [0, 0.05) is 31.6 Å². The van der Waals surface area contributed by atoms with E-state index in [0.29, 0.717) is 19.6 Å². The van der Waals surface area contributed by atoms with Gasteiger partial charge in [-0.05, 0) is 51.3 Å². The van der Waals surface area contributed by atoms with Crippen LogP contribution >= 0.6 is 24.0 Å². The number of hydrogen-bond acceptors (Lipinski definition) is 5. The summed E-state index contributed by atoms with van der Waals surface area (Å²) in [5.41, 5.74) is 0.796. The van der Waals surface area contributed by atoms with Gasteiger partial charge in [-0.2, -0.15) is 0 Å². The molecule has 8 heteroatoms. The summed E-state index contributed by atoms with van der Waals surface area (Å²) in [6, 6.07) is 7.05. The van der Waals surface area contributed by atoms with Gasteiger partial charge in [-0.25, -0.2) is 9.18 Å². The summed E-state index contributed by atoms with van der Waals surface area (Å²) in [6.07, 6.45) is 1.96. The molecule has 1 atom stereocenters. The first-order valence-corrected chi connectivity index (χ1v) is 10.0. The van der Waals surface area contributed by atoms with Gasteiger partial charge in [-0.15, -0.1) is 24.0 Å². The molecule has 1 unspecified atom stereocenters. The van der Waals surface area contributed by atoms with E-state index in [4.69, 9.17) is 4.74 Å². The number of piperazine rings is 1. The van der Waals surface area contributed by atoms with Crippen LogP contribution in [0.5, 0.6) is 0 Å². The fraction of sp³-hybridized carbons (Fsp3) is 0.619. The second-order valence-corrected chi connectivity index (χ2v) is 9.08. The third kappa shape index (κ3) is 4.95. The second-order valence-electron chi connectivity index (χ2n) is 9.08. The molecule has 2 fully saturated rings. The first-order chi connectivity index (χ1) is 13.3. The molecule has 1 aliphatic carbocycles. The number of halogens is 2. The van der Waals surface area contributed by atoms with Crippen LogP contribution in [0.2, 0.25) is 0 Å². The van der Waals surface area contributed by atoms with E-state index in [-0.39, 0.29) is 47.3 Å². The fourth-order valence-electron chi connectivity index (χ4n) is 3.99. The van der Waals surface area contributed by atoms with Crippen molar-refractivity contribution >= 4 is 36.0 Å². The number of hydrogen-bond donors (Lipinski definition) is 1. The van der Waals surface area contributed by atoms with Crippen molar-refractivity contribution in [2.45, 2.75) is 50.7 Å². The van der Waals surface area contributed by atoms with E-state index < -0.39 is 5.60 Å². The smallest absolute Gasteiger partial charge is 0.410 e. The van der Waals surface area contributed by atoms with Gasteiger partial charge in [0.1, 0.15) is 11.4 Å². The lowest BCUT2D eigenvalue weighted by molar-refractivity contribution is 0.0137. The zero-order valence-electron chi connectivity index (χ0n) is 17.3. The van der Waals surface area contributed by atoms with E-state index in [0.717, 1.165) is 31.9 Å². The Bertz CT molecular complexity index is 774. The summed E-state index contributed by atoms with van der Waals surface area (Å²) in [6.45, 7) is 9.16. The van der Waals surface area contributed by atoms with Crippen LogP contribution in [-0.2, 0) is 10.2 Å². The number of guanidine groups is 1. The molecule has 1 N–H and O–H groups in total. The highest BCUT2D eigenvalue weighted by Crippen LogP contribution is 2.47. The normalized spacial score (nSPS) is 22.3. The Kier molecular flexibility index (Phi) is 6.31. The molecular formula is C21H30FIN4O2. The van der Waals surface area contributed by atoms with Gasteiger partial charge in [0.2, 0.25) is 0 Å². The molecule has 2 aliphatic heterocycles. The number of nitrogens with zero attached hydrogens (tertiary/aromatic N) is 3. The Balaban J connectivity index is 0.00000240. The molecule has 0 bridgehead atoms. The average Bonchev–Trinajstić information content (AvgIpc) is 3.32. The zero-order chi connectivity index (χ0) is 19.9. The van der Waals surface area contributed by atoms with Crippen LogP contribution in [0.3, 0.4) is 0 Å². The van der Waals surface area contributed by atoms with Crippen LogP contribution in [-0.4, -0.2) is 66.2 Å². The predicted molar refractivity (Wildman–Crippen MR) is 121 cm³/mol. The Hall–Kier alpha value is -1.58. The number of carbonyl (C=O) groups is 1. The number of rotatable bonds is 3. The number of nitrogens with one attached hydrogen (secondary N) is 1. The molecule has 2 heterocycles. The standard InChI is InChI=1S/C21H29FN4O2.HI/c1-20(2,3)28-19(27)25-10-11-26-17(13-25)12-23-18(26)24-14-21(8-9-21)15-4-6-16(22)7-5-15;/h4-7,17H,8-14H2,1-3H3,(H,23,24);1H. The molecule has 0 aromatic heterocycles. The SMILES string of the molecule is CC(C)(C)OC(=O)N1CCN2C(NCC3(c4ccc(F)cc4)CC3)=NCC2C1.I. The maximum atomic E-state index is 13.2.